The number of hydrogen-bond donors (Lipinski definition) is 11. The summed E-state index contributed by atoms with van der Waals surface area (Å²) in [7, 11) is 0. The van der Waals surface area contributed by atoms with Crippen molar-refractivity contribution >= 4 is 206 Å². The third-order valence-corrected chi connectivity index (χ3v) is 23.6. The number of phenolic OH excluding ortho intramolecular Hbond substituents is 5. The number of nitrogen functional groups attached to an aromatic ring is 3. The Bertz CT molecular complexity index is 8850. The maximum atomic E-state index is 10.1. The summed E-state index contributed by atoms with van der Waals surface area (Å²) >= 11 is 0. The zero-order chi connectivity index (χ0) is 108. The van der Waals surface area contributed by atoms with Crippen molar-refractivity contribution in [3.63, 3.8) is 0 Å². The molecule has 0 saturated carbocycles. The molecule has 10 heterocycles. The van der Waals surface area contributed by atoms with Crippen molar-refractivity contribution in [1.82, 2.24) is 4.98 Å². The lowest BCUT2D eigenvalue weighted by atomic mass is 9.93. The molecule has 150 heavy (non-hydrogen) atoms. The summed E-state index contributed by atoms with van der Waals surface area (Å²) in [5.41, 5.74) is 40.5. The number of phenols is 5. The van der Waals surface area contributed by atoms with Gasteiger partial charge in [0.1, 0.15) is 57.0 Å². The van der Waals surface area contributed by atoms with E-state index in [2.05, 4.69) is 83.4 Å². The van der Waals surface area contributed by atoms with Gasteiger partial charge in [0.05, 0.1) is 112 Å². The molecular weight excluding hydrogens is 1890 g/mol. The molecule has 0 spiro atoms. The van der Waals surface area contributed by atoms with Crippen molar-refractivity contribution in [2.24, 2.45) is 0 Å². The van der Waals surface area contributed by atoms with Gasteiger partial charge < -0.3 is 66.9 Å². The van der Waals surface area contributed by atoms with Crippen molar-refractivity contribution in [2.45, 2.75) is 76.7 Å². The van der Waals surface area contributed by atoms with E-state index in [1.807, 2.05) is 194 Å². The highest BCUT2D eigenvalue weighted by atomic mass is 16.4. The Morgan fingerprint density at radius 2 is 0.880 bits per heavy atom. The third kappa shape index (κ3) is 26.3. The largest absolute Gasteiger partial charge is 0.507 e. The molecule has 756 valence electrons. The second kappa shape index (κ2) is 51.5. The molecule has 10 aromatic heterocycles. The van der Waals surface area contributed by atoms with Crippen LogP contribution in [0.15, 0.2) is 344 Å². The van der Waals surface area contributed by atoms with E-state index in [1.54, 1.807) is 155 Å². The molecule has 0 amide bonds. The van der Waals surface area contributed by atoms with E-state index in [4.69, 9.17) is 57.0 Å². The number of benzene rings is 10. The van der Waals surface area contributed by atoms with Gasteiger partial charge in [-0.05, 0) is 168 Å². The first-order chi connectivity index (χ1) is 71.5. The number of fused-ring (bicyclic) bond motifs is 10. The van der Waals surface area contributed by atoms with Crippen LogP contribution in [0.1, 0.15) is 139 Å². The number of anilines is 3. The van der Waals surface area contributed by atoms with Gasteiger partial charge in [-0.3, -0.25) is 9.59 Å². The molecule has 0 bridgehead atoms. The minimum Gasteiger partial charge on any atom is -0.507 e. The summed E-state index contributed by atoms with van der Waals surface area (Å²) in [5.74, 6) is 3.96. The Balaban J connectivity index is 0.000000171. The molecule has 20 rings (SSSR count). The van der Waals surface area contributed by atoms with Crippen LogP contribution in [0.25, 0.3) is 189 Å². The molecule has 23 nitrogen and oxygen atoms in total. The average Bonchev–Trinajstić information content (AvgIpc) is 0.742. The predicted molar refractivity (Wildman–Crippen MR) is 620 cm³/mol. The van der Waals surface area contributed by atoms with Crippen molar-refractivity contribution in [2.75, 3.05) is 17.2 Å². The molecule has 0 unspecified atom stereocenters. The summed E-state index contributed by atoms with van der Waals surface area (Å²) in [5, 5.41) is 85.6. The van der Waals surface area contributed by atoms with Gasteiger partial charge in [-0.2, -0.15) is 0 Å². The summed E-state index contributed by atoms with van der Waals surface area (Å²) < 4.78 is 48.5. The van der Waals surface area contributed by atoms with E-state index >= 15 is 0 Å². The maximum absolute atomic E-state index is 10.1. The zero-order valence-corrected chi connectivity index (χ0v) is 84.5. The second-order valence-electron chi connectivity index (χ2n) is 33.6. The Labute approximate surface area is 868 Å². The van der Waals surface area contributed by atoms with E-state index in [9.17, 15) is 50.4 Å². The van der Waals surface area contributed by atoms with E-state index in [-0.39, 0.29) is 58.5 Å². The molecule has 0 fully saturated rings. The summed E-state index contributed by atoms with van der Waals surface area (Å²) in [6.07, 6.45) is 33.4. The number of rotatable bonds is 13. The minimum absolute atomic E-state index is 0. The van der Waals surface area contributed by atoms with Crippen LogP contribution in [0.5, 0.6) is 46.0 Å². The molecular formula is C127H123N4O19+9. The fraction of sp³-hybridized carbons (Fsp3) is 0.0866. The Kier molecular flexibility index (Phi) is 38.6. The van der Waals surface area contributed by atoms with Gasteiger partial charge in [-0.1, -0.05) is 195 Å². The Hall–Kier alpha value is -19.7. The van der Waals surface area contributed by atoms with Crippen molar-refractivity contribution in [3.8, 4) is 46.0 Å². The normalized spacial score (nSPS) is 10.5. The molecule has 0 aliphatic carbocycles. The number of aromatic nitrogens is 1. The molecule has 0 aliphatic rings. The van der Waals surface area contributed by atoms with Crippen LogP contribution in [-0.4, -0.2) is 55.4 Å². The first-order valence-corrected chi connectivity index (χ1v) is 46.6. The van der Waals surface area contributed by atoms with E-state index < -0.39 is 0 Å². The van der Waals surface area contributed by atoms with E-state index in [0.717, 1.165) is 116 Å². The summed E-state index contributed by atoms with van der Waals surface area (Å²) in [6, 6.07) is 56.7. The van der Waals surface area contributed by atoms with Gasteiger partial charge in [-0.25, -0.2) is 35.9 Å². The predicted octanol–water partition coefficient (Wildman–Crippen LogP) is 32.7. The fourth-order valence-electron chi connectivity index (χ4n) is 15.6. The molecule has 16 N–H and O–H groups in total. The minimum atomic E-state index is 0. The third-order valence-electron chi connectivity index (χ3n) is 23.6. The maximum Gasteiger partial charge on any atom is 0.401 e. The van der Waals surface area contributed by atoms with Crippen molar-refractivity contribution in [3.05, 3.63) is 432 Å². The van der Waals surface area contributed by atoms with Gasteiger partial charge in [0.2, 0.25) is 28.7 Å². The van der Waals surface area contributed by atoms with Crippen LogP contribution in [0.3, 0.4) is 0 Å². The zero-order valence-electron chi connectivity index (χ0n) is 84.5. The fourth-order valence-corrected chi connectivity index (χ4v) is 15.6. The van der Waals surface area contributed by atoms with E-state index in [0.29, 0.717) is 134 Å². The number of nitrogens with zero attached hydrogens (tertiary/aromatic N) is 1. The topological polar surface area (TPSA) is 401 Å². The first kappa shape index (κ1) is 112. The molecule has 0 saturated heterocycles. The number of pyridine rings is 1. The van der Waals surface area contributed by atoms with Crippen molar-refractivity contribution in [1.29, 1.82) is 0 Å². The van der Waals surface area contributed by atoms with Crippen LogP contribution in [-0.2, 0) is 0 Å². The average molecular weight is 2010 g/mol. The lowest BCUT2D eigenvalue weighted by molar-refractivity contribution is 0.431. The van der Waals surface area contributed by atoms with Crippen LogP contribution < -0.4 is 28.1 Å². The highest BCUT2D eigenvalue weighted by Crippen LogP contribution is 2.43. The highest BCUT2D eigenvalue weighted by Gasteiger charge is 2.26. The van der Waals surface area contributed by atoms with Gasteiger partial charge >= 0.3 is 92.3 Å². The van der Waals surface area contributed by atoms with Crippen LogP contribution in [0, 0.1) is 55.4 Å². The van der Waals surface area contributed by atoms with Gasteiger partial charge in [0.15, 0.2) is 0 Å². The van der Waals surface area contributed by atoms with Crippen LogP contribution in [0.4, 0.5) is 17.2 Å². The Morgan fingerprint density at radius 3 is 1.50 bits per heavy atom. The number of para-hydroxylation sites is 1. The lowest BCUT2D eigenvalue weighted by Gasteiger charge is -2.17. The highest BCUT2D eigenvalue weighted by molar-refractivity contribution is 6.10. The number of aryl methyl sites for hydroxylation is 8. The monoisotopic (exact) mass is 2010 g/mol. The smallest absolute Gasteiger partial charge is 0.401 e. The number of hydrogen-bond acceptors (Lipinski definition) is 14. The number of allylic oxidation sites excluding steroid dienone is 2. The summed E-state index contributed by atoms with van der Waals surface area (Å²) in [4.78, 5) is 23.5. The second-order valence-corrected chi connectivity index (χ2v) is 33.6. The van der Waals surface area contributed by atoms with E-state index in [1.165, 1.54) is 24.9 Å². The van der Waals surface area contributed by atoms with Crippen molar-refractivity contribution < 1.29 is 90.2 Å². The van der Waals surface area contributed by atoms with Gasteiger partial charge in [-0.15, -0.1) is 0 Å². The SMILES string of the molecule is C.C/C=C/c1cc(=[OH+])c2ccccc2o1.C/C=C/c1cc2[o+]c(C)c(O)cc2cc1O.C=Cc1c(N)nc2c(C=C)c(N)c(C=C)c(C=C)c2c1N.C=Cc1c(O)c(C)c2cc(C)c[o+]c2c1C.C=Cc1cc2[o+]cc(O)cc2c(C)c1O.C=Cc1ccc2c(=[OH+])ccoc2c1.C=Cc1ccc2cc(C)c[o+]c2c1.C=Cc1ccc2cc(O)c(C)[o+]c2c1.C=Cc1ccc2ccc(C)[o+]c2c1O.C=Cc1ccc2ccc[o+]c2c1O. The number of aromatic hydroxyl groups is 8. The van der Waals surface area contributed by atoms with Gasteiger partial charge in [0, 0.05) is 108 Å². The molecule has 23 heteroatoms. The first-order valence-electron chi connectivity index (χ1n) is 46.6. The van der Waals surface area contributed by atoms with Crippen LogP contribution >= 0.6 is 0 Å². The standard InChI is InChI=1S/C17H18N4.C14H14O2.C13H12O3.C12H10O3.3C12H10O2.C12H11O.2C11H8O2.CH4/c1-5-9-10(6-2)14(18)11(7-3)16-13(9)15(19)12(8-4)17(20)21-16;1-5-11-10(4)14-12(9(3)13(11)15)6-8(2)7-16-14;1-3-4-9-7-13-10(6-12(9)15)5-11(14)8(2)16-13;1-3-8-4-11-10(7(2)12(8)14)5-9(13)6-15-11;1-3-9-4-5-10-7-11(13)8(2)14-12(10)6-9;1-3-9-6-7-10-5-4-8(2)14-12(10)11(9)13;1-2-5-9-8-11(13)10-6-3-4-7-12(10)14-9;1-3-10-4-5-11-6-9(2)8-13-12(11)7-10;1-2-8-3-4-9-10(12)5-6-13-11(9)7-8;1-2-8-5-6-9-4-3-7-13-11(9)10(8)12;/h5-8H,1-4,18H2,(H4,19,20,21);5-7H,1H2,2-4H3;3-7H,1-2H3,(H-,14,15);3-6H,1H2,2H3,(H-,13,14);2*3-7H,1H2,2H3;2-8H,1H3;3-8H,1H2,2H3;2*2-7H,1H2;1H4/q;;;;;;;+1;;;/p+8/b;;4-3+;;;;5-2+;;;;. The van der Waals surface area contributed by atoms with Crippen LogP contribution in [0.2, 0.25) is 0 Å². The molecule has 10 aromatic carbocycles. The molecule has 20 aromatic rings. The number of nitrogens with two attached hydrogens (primary N) is 3. The molecule has 0 atom stereocenters. The molecule has 0 aliphatic heterocycles. The summed E-state index contributed by atoms with van der Waals surface area (Å²) in [6.45, 7) is 59.4. The lowest BCUT2D eigenvalue weighted by Crippen LogP contribution is -2.06. The quantitative estimate of drug-likeness (QED) is 0.0377. The van der Waals surface area contributed by atoms with Gasteiger partial charge in [0.25, 0.3) is 0 Å². The molecule has 0 radical (unpaired) electrons. The Morgan fingerprint density at radius 1 is 0.353 bits per heavy atom.